The summed E-state index contributed by atoms with van der Waals surface area (Å²) in [5.41, 5.74) is 18.5. The van der Waals surface area contributed by atoms with Crippen LogP contribution in [0.1, 0.15) is 28.9 Å². The van der Waals surface area contributed by atoms with E-state index in [2.05, 4.69) is 44.5 Å². The molecular weight excluding hydrogens is 404 g/mol. The molecule has 10 heteroatoms. The molecule has 1 aromatic heterocycles. The van der Waals surface area contributed by atoms with Gasteiger partial charge in [-0.2, -0.15) is 0 Å². The molecule has 2 aromatic rings. The number of aromatic nitrogens is 2. The minimum atomic E-state index is -0.613. The second-order valence-corrected chi connectivity index (χ2v) is 8.48. The lowest BCUT2D eigenvalue weighted by atomic mass is 9.81. The van der Waals surface area contributed by atoms with Crippen LogP contribution in [0.3, 0.4) is 0 Å². The summed E-state index contributed by atoms with van der Waals surface area (Å²) in [5.74, 6) is -0.236. The molecule has 9 nitrogen and oxygen atoms in total. The lowest BCUT2D eigenvalue weighted by Gasteiger charge is -2.51. The number of nitrogens with two attached hydrogens (primary N) is 3. The van der Waals surface area contributed by atoms with Crippen LogP contribution >= 0.6 is 11.6 Å². The SMILES string of the molecule is NC(=N[C@@H]1C[N+]2(Cc3ccccc3)CCC1CC2)NC(=O)c1nc(Cl)c(N)nc1N. The molecular formula is C20H26ClN8O+. The largest absolute Gasteiger partial charge is 0.382 e. The molecule has 7 N–H and O–H groups in total. The van der Waals surface area contributed by atoms with Gasteiger partial charge in [0.25, 0.3) is 5.91 Å². The molecule has 4 heterocycles. The van der Waals surface area contributed by atoms with Crippen molar-refractivity contribution >= 4 is 35.1 Å². The number of nitrogen functional groups attached to an aromatic ring is 2. The van der Waals surface area contributed by atoms with E-state index in [0.717, 1.165) is 43.5 Å². The molecule has 30 heavy (non-hydrogen) atoms. The highest BCUT2D eigenvalue weighted by Crippen LogP contribution is 2.37. The average Bonchev–Trinajstić information content (AvgIpc) is 2.71. The van der Waals surface area contributed by atoms with Crippen LogP contribution in [0.25, 0.3) is 0 Å². The number of piperidine rings is 3. The van der Waals surface area contributed by atoms with Gasteiger partial charge in [-0.1, -0.05) is 41.9 Å². The Morgan fingerprint density at radius 3 is 2.57 bits per heavy atom. The van der Waals surface area contributed by atoms with E-state index in [0.29, 0.717) is 5.92 Å². The fourth-order valence-corrected chi connectivity index (χ4v) is 4.71. The minimum Gasteiger partial charge on any atom is -0.382 e. The first-order valence-corrected chi connectivity index (χ1v) is 10.4. The van der Waals surface area contributed by atoms with Crippen molar-refractivity contribution in [2.24, 2.45) is 16.6 Å². The number of carbonyl (C=O) groups is 1. The summed E-state index contributed by atoms with van der Waals surface area (Å²) in [6.07, 6.45) is 2.21. The summed E-state index contributed by atoms with van der Waals surface area (Å²) in [4.78, 5) is 24.8. The van der Waals surface area contributed by atoms with Crippen LogP contribution in [0.15, 0.2) is 35.3 Å². The molecule has 0 saturated carbocycles. The van der Waals surface area contributed by atoms with Crippen molar-refractivity contribution in [3.05, 3.63) is 46.7 Å². The van der Waals surface area contributed by atoms with Crippen molar-refractivity contribution < 1.29 is 9.28 Å². The van der Waals surface area contributed by atoms with Crippen LogP contribution in [-0.4, -0.2) is 52.0 Å². The van der Waals surface area contributed by atoms with Crippen molar-refractivity contribution in [2.75, 3.05) is 31.1 Å². The van der Waals surface area contributed by atoms with Crippen LogP contribution in [0.5, 0.6) is 0 Å². The van der Waals surface area contributed by atoms with E-state index < -0.39 is 5.91 Å². The number of quaternary nitrogens is 1. The highest BCUT2D eigenvalue weighted by molar-refractivity contribution is 6.31. The Morgan fingerprint density at radius 1 is 1.17 bits per heavy atom. The number of hydrogen-bond acceptors (Lipinski definition) is 6. The number of rotatable bonds is 4. The van der Waals surface area contributed by atoms with Gasteiger partial charge in [0.05, 0.1) is 13.1 Å². The molecule has 158 valence electrons. The first-order valence-electron chi connectivity index (χ1n) is 9.97. The van der Waals surface area contributed by atoms with Crippen molar-refractivity contribution in [3.8, 4) is 0 Å². The fraction of sp³-hybridized carbons (Fsp3) is 0.400. The number of anilines is 2. The van der Waals surface area contributed by atoms with Gasteiger partial charge in [0.2, 0.25) is 0 Å². The number of hydrogen-bond donors (Lipinski definition) is 4. The van der Waals surface area contributed by atoms with E-state index in [1.165, 1.54) is 5.56 Å². The smallest absolute Gasteiger partial charge is 0.280 e. The van der Waals surface area contributed by atoms with Crippen LogP contribution < -0.4 is 22.5 Å². The van der Waals surface area contributed by atoms with Gasteiger partial charge in [-0.15, -0.1) is 0 Å². The maximum Gasteiger partial charge on any atom is 0.280 e. The highest BCUT2D eigenvalue weighted by Gasteiger charge is 2.46. The Balaban J connectivity index is 1.46. The van der Waals surface area contributed by atoms with Gasteiger partial charge in [-0.05, 0) is 5.92 Å². The maximum absolute atomic E-state index is 12.5. The second-order valence-electron chi connectivity index (χ2n) is 8.12. The van der Waals surface area contributed by atoms with Gasteiger partial charge in [-0.25, -0.2) is 15.0 Å². The van der Waals surface area contributed by atoms with Gasteiger partial charge in [0, 0.05) is 18.4 Å². The monoisotopic (exact) mass is 429 g/mol. The fourth-order valence-electron chi connectivity index (χ4n) is 4.58. The molecule has 5 rings (SSSR count). The zero-order valence-electron chi connectivity index (χ0n) is 16.6. The first kappa shape index (κ1) is 20.4. The number of fused-ring (bicyclic) bond motifs is 3. The Morgan fingerprint density at radius 2 is 1.87 bits per heavy atom. The van der Waals surface area contributed by atoms with E-state index in [1.807, 2.05) is 6.07 Å². The molecule has 3 saturated heterocycles. The summed E-state index contributed by atoms with van der Waals surface area (Å²) in [6, 6.07) is 10.6. The predicted octanol–water partition coefficient (Wildman–Crippen LogP) is 1.15. The van der Waals surface area contributed by atoms with E-state index in [-0.39, 0.29) is 34.5 Å². The summed E-state index contributed by atoms with van der Waals surface area (Å²) in [5, 5.41) is 2.46. The minimum absolute atomic E-state index is 0.0351. The number of carbonyl (C=O) groups excluding carboxylic acids is 1. The third-order valence-electron chi connectivity index (χ3n) is 6.09. The lowest BCUT2D eigenvalue weighted by molar-refractivity contribution is -0.955. The van der Waals surface area contributed by atoms with Crippen LogP contribution in [0.4, 0.5) is 11.6 Å². The molecule has 0 aliphatic carbocycles. The van der Waals surface area contributed by atoms with Gasteiger partial charge in [-0.3, -0.25) is 10.1 Å². The third kappa shape index (κ3) is 4.17. The Bertz CT molecular complexity index is 972. The van der Waals surface area contributed by atoms with Gasteiger partial charge >= 0.3 is 0 Å². The molecule has 3 aliphatic rings. The Kier molecular flexibility index (Phi) is 5.48. The summed E-state index contributed by atoms with van der Waals surface area (Å²) in [7, 11) is 0. The number of nitrogens with one attached hydrogen (secondary N) is 1. The number of aliphatic imine (C=N–C) groups is 1. The molecule has 0 radical (unpaired) electrons. The third-order valence-corrected chi connectivity index (χ3v) is 6.37. The van der Waals surface area contributed by atoms with Crippen molar-refractivity contribution in [1.29, 1.82) is 0 Å². The van der Waals surface area contributed by atoms with Gasteiger partial charge < -0.3 is 21.7 Å². The maximum atomic E-state index is 12.5. The predicted molar refractivity (Wildman–Crippen MR) is 116 cm³/mol. The number of halogens is 1. The van der Waals surface area contributed by atoms with Crippen LogP contribution in [0, 0.1) is 5.92 Å². The molecule has 1 aromatic carbocycles. The topological polar surface area (TPSA) is 145 Å². The standard InChI is InChI=1S/C20H25ClN8O/c21-16-18(23)27-17(22)15(26-16)19(30)28-20(24)25-14-11-29(8-6-13(14)7-9-29)10-12-4-2-1-3-5-12/h1-5,13-14H,6-11H2,(H6-,22,23,24,25,27,28,30)/p+1/t13?,14-,29?/m1/s1. The van der Waals surface area contributed by atoms with Crippen LogP contribution in [-0.2, 0) is 6.54 Å². The van der Waals surface area contributed by atoms with Crippen molar-refractivity contribution in [3.63, 3.8) is 0 Å². The van der Waals surface area contributed by atoms with Crippen LogP contribution in [0.2, 0.25) is 5.15 Å². The van der Waals surface area contributed by atoms with E-state index >= 15 is 0 Å². The molecule has 0 unspecified atom stereocenters. The quantitative estimate of drug-likeness (QED) is 0.326. The summed E-state index contributed by atoms with van der Waals surface area (Å²) in [6.45, 7) is 4.19. The zero-order chi connectivity index (χ0) is 21.3. The molecule has 2 bridgehead atoms. The molecule has 0 spiro atoms. The lowest BCUT2D eigenvalue weighted by Crippen LogP contribution is -2.63. The van der Waals surface area contributed by atoms with E-state index in [1.54, 1.807) is 0 Å². The van der Waals surface area contributed by atoms with E-state index in [9.17, 15) is 4.79 Å². The normalized spacial score (nSPS) is 25.8. The van der Waals surface area contributed by atoms with Crippen molar-refractivity contribution in [2.45, 2.75) is 25.4 Å². The number of guanidine groups is 1. The molecule has 3 fully saturated rings. The molecule has 1 amide bonds. The number of amides is 1. The number of nitrogens with zero attached hydrogens (tertiary/aromatic N) is 4. The number of benzene rings is 1. The summed E-state index contributed by atoms with van der Waals surface area (Å²) >= 11 is 5.85. The zero-order valence-corrected chi connectivity index (χ0v) is 17.3. The average molecular weight is 430 g/mol. The highest BCUT2D eigenvalue weighted by atomic mass is 35.5. The first-order chi connectivity index (χ1) is 14.3. The Hall–Kier alpha value is -2.91. The van der Waals surface area contributed by atoms with Crippen molar-refractivity contribution in [1.82, 2.24) is 15.3 Å². The second kappa shape index (κ2) is 8.08. The van der Waals surface area contributed by atoms with Gasteiger partial charge in [0.15, 0.2) is 28.4 Å². The molecule has 1 atom stereocenters. The summed E-state index contributed by atoms with van der Waals surface area (Å²) < 4.78 is 1.00. The Labute approximate surface area is 179 Å². The van der Waals surface area contributed by atoms with E-state index in [4.69, 9.17) is 28.8 Å². The van der Waals surface area contributed by atoms with Gasteiger partial charge in [0.1, 0.15) is 19.1 Å². The molecule has 3 aliphatic heterocycles.